The van der Waals surface area contributed by atoms with E-state index in [4.69, 9.17) is 5.73 Å². The van der Waals surface area contributed by atoms with E-state index >= 15 is 0 Å². The van der Waals surface area contributed by atoms with Crippen LogP contribution in [0.15, 0.2) is 71.2 Å². The van der Waals surface area contributed by atoms with Gasteiger partial charge in [0.1, 0.15) is 5.82 Å². The number of carbonyl (C=O) groups is 2. The Morgan fingerprint density at radius 1 is 0.758 bits per heavy atom. The summed E-state index contributed by atoms with van der Waals surface area (Å²) >= 11 is 0. The van der Waals surface area contributed by atoms with Crippen molar-refractivity contribution < 1.29 is 30.3 Å². The van der Waals surface area contributed by atoms with Gasteiger partial charge >= 0.3 is 0 Å². The summed E-state index contributed by atoms with van der Waals surface area (Å²) in [5, 5.41) is 21.4. The number of rotatable bonds is 12. The van der Waals surface area contributed by atoms with Crippen LogP contribution in [0, 0.1) is 140 Å². The van der Waals surface area contributed by atoms with Gasteiger partial charge in [0.05, 0.1) is 22.3 Å². The van der Waals surface area contributed by atoms with E-state index in [2.05, 4.69) is 174 Å². The maximum absolute atomic E-state index is 12.6. The Kier molecular flexibility index (Phi) is 27.4. The lowest BCUT2D eigenvalue weighted by Gasteiger charge is -2.19. The van der Waals surface area contributed by atoms with Gasteiger partial charge in [-0.3, -0.25) is 15.4 Å². The first-order valence-corrected chi connectivity index (χ1v) is 18.2. The number of anilines is 1. The minimum absolute atomic E-state index is 0. The van der Waals surface area contributed by atoms with E-state index in [0.717, 1.165) is 22.8 Å². The zero-order valence-corrected chi connectivity index (χ0v) is 34.3. The third-order valence-corrected chi connectivity index (χ3v) is 7.21. The van der Waals surface area contributed by atoms with Crippen molar-refractivity contribution in [2.45, 2.75) is 58.5 Å². The van der Waals surface area contributed by atoms with Crippen LogP contribution in [0.25, 0.3) is 10.8 Å². The van der Waals surface area contributed by atoms with Crippen LogP contribution in [0.3, 0.4) is 0 Å². The predicted octanol–water partition coefficient (Wildman–Crippen LogP) is 5.82. The van der Waals surface area contributed by atoms with Gasteiger partial charge in [-0.25, -0.2) is 4.98 Å². The molecule has 326 valence electrons. The van der Waals surface area contributed by atoms with Gasteiger partial charge in [-0.05, 0) is 164 Å². The number of aromatic nitrogens is 1. The predicted molar refractivity (Wildman–Crippen MR) is 264 cm³/mol. The second kappa shape index (κ2) is 33.6. The van der Waals surface area contributed by atoms with Crippen molar-refractivity contribution in [2.75, 3.05) is 12.8 Å². The molecule has 0 saturated heterocycles. The van der Waals surface area contributed by atoms with Crippen molar-refractivity contribution in [3.63, 3.8) is 0 Å². The lowest BCUT2D eigenvalue weighted by molar-refractivity contribution is -0.546. The minimum Gasteiger partial charge on any atom is -0.383 e. The average Bonchev–Trinajstić information content (AvgIpc) is 3.27. The SMILES string of the molecule is CC#CC#CC#CC#CC#CC#CC#CC#CC#CC#CC#CC.CN[C@H](CCc1ccccc1)C(=O)N[C@@H](C)C(=O)CCc1ccc2c(N)nccc2c1.NN=NN[N+](=O)[O-].[HH].[HH].[HH].[HH].[HH].[HH].[HH].[HH].[HH].[HH].[HH]. The molecule has 2 atom stereocenters. The number of nitro groups is 1. The molecule has 0 unspecified atom stereocenters. The Morgan fingerprint density at radius 2 is 1.26 bits per heavy atom. The monoisotopic (exact) mass is 839 g/mol. The number of Topliss-reactive ketones (excluding diaryl/α,β-unsaturated/α-hetero) is 1. The third-order valence-electron chi connectivity index (χ3n) is 7.21. The number of fused-ring (bicyclic) bond motifs is 1. The van der Waals surface area contributed by atoms with Crippen LogP contribution in [-0.2, 0) is 22.4 Å². The number of hydrazine groups is 1. The molecule has 3 aromatic rings. The Hall–Kier alpha value is -9.49. The number of pyridine rings is 1. The summed E-state index contributed by atoms with van der Waals surface area (Å²) in [6.07, 6.45) is 4.12. The number of nitrogens with two attached hydrogens (primary N) is 2. The van der Waals surface area contributed by atoms with Gasteiger partial charge in [-0.1, -0.05) is 60.4 Å². The van der Waals surface area contributed by atoms with Gasteiger partial charge in [0, 0.05) is 62.9 Å². The highest BCUT2D eigenvalue weighted by atomic mass is 16.7. The maximum Gasteiger partial charge on any atom is 0.237 e. The van der Waals surface area contributed by atoms with Gasteiger partial charge in [-0.2, -0.15) is 0 Å². The first kappa shape index (κ1) is 50.5. The summed E-state index contributed by atoms with van der Waals surface area (Å²) in [5.74, 6) is 60.3. The first-order valence-electron chi connectivity index (χ1n) is 18.2. The second-order valence-corrected chi connectivity index (χ2v) is 11.4. The fourth-order valence-electron chi connectivity index (χ4n) is 4.40. The zero-order chi connectivity index (χ0) is 45.5. The molecule has 13 nitrogen and oxygen atoms in total. The summed E-state index contributed by atoms with van der Waals surface area (Å²) in [6.45, 7) is 5.14. The van der Waals surface area contributed by atoms with E-state index < -0.39 is 11.1 Å². The van der Waals surface area contributed by atoms with E-state index in [0.29, 0.717) is 25.1 Å². The van der Waals surface area contributed by atoms with Gasteiger partial charge in [-0.15, -0.1) is 0 Å². The van der Waals surface area contributed by atoms with Crippen LogP contribution in [0.5, 0.6) is 0 Å². The molecular weight excluding hydrogens is 779 g/mol. The molecule has 0 fully saturated rings. The van der Waals surface area contributed by atoms with Crippen LogP contribution in [0.4, 0.5) is 5.82 Å². The highest BCUT2D eigenvalue weighted by Crippen LogP contribution is 2.20. The molecule has 13 heteroatoms. The summed E-state index contributed by atoms with van der Waals surface area (Å²) < 4.78 is 0. The molecule has 1 amide bonds. The molecule has 0 spiro atoms. The summed E-state index contributed by atoms with van der Waals surface area (Å²) in [7, 11) is 1.77. The highest BCUT2D eigenvalue weighted by Gasteiger charge is 2.21. The Balaban J connectivity index is -0.0000000927. The molecule has 0 saturated carbocycles. The molecule has 62 heavy (non-hydrogen) atoms. The molecule has 0 aliphatic heterocycles. The number of carbonyl (C=O) groups excluding carboxylic acids is 2. The topological polar surface area (TPSA) is 203 Å². The Morgan fingerprint density at radius 3 is 1.69 bits per heavy atom. The number of likely N-dealkylation sites (N-methyl/N-ethyl adjacent to an activating group) is 1. The quantitative estimate of drug-likeness (QED) is 0.0490. The van der Waals surface area contributed by atoms with Gasteiger partial charge in [0.2, 0.25) is 5.91 Å². The fraction of sp³-hybridized carbons (Fsp3) is 0.204. The van der Waals surface area contributed by atoms with Gasteiger partial charge < -0.3 is 26.5 Å². The largest absolute Gasteiger partial charge is 0.383 e. The average molecular weight is 840 g/mol. The van der Waals surface area contributed by atoms with Crippen LogP contribution in [0.1, 0.15) is 60.4 Å². The molecule has 0 bridgehead atoms. The van der Waals surface area contributed by atoms with E-state index in [1.165, 1.54) is 11.1 Å². The summed E-state index contributed by atoms with van der Waals surface area (Å²) in [6, 6.07) is 17.0. The van der Waals surface area contributed by atoms with Gasteiger partial charge in [0.25, 0.3) is 0 Å². The number of ketones is 1. The maximum atomic E-state index is 12.6. The number of aryl methyl sites for hydroxylation is 2. The minimum atomic E-state index is -0.879. The number of amides is 1. The first-order chi connectivity index (χ1) is 30.2. The van der Waals surface area contributed by atoms with Crippen molar-refractivity contribution in [3.05, 3.63) is 82.0 Å². The Bertz CT molecular complexity index is 2740. The normalized spacial score (nSPS) is 9.03. The molecule has 0 aliphatic rings. The van der Waals surface area contributed by atoms with Crippen molar-refractivity contribution in [3.8, 4) is 130 Å². The van der Waals surface area contributed by atoms with Crippen molar-refractivity contribution in [1.29, 1.82) is 0 Å². The second-order valence-electron chi connectivity index (χ2n) is 11.4. The van der Waals surface area contributed by atoms with E-state index in [-0.39, 0.29) is 33.4 Å². The highest BCUT2D eigenvalue weighted by molar-refractivity contribution is 5.92. The smallest absolute Gasteiger partial charge is 0.237 e. The van der Waals surface area contributed by atoms with Crippen LogP contribution in [0.2, 0.25) is 0 Å². The standard InChI is InChI=1S/C25H30N4O2.C24H6.H3N5O2.11H2/c1-17(29-25(31)22(27-2)12-9-18-6-4-3-5-7-18)23(30)13-10-19-8-11-21-20(16-19)14-15-28-24(21)26;1-3-5-7-9-11-13-15-17-19-21-23-24-22-20-18-16-14-12-10-8-6-4-2;1-2-3-4-5(6)7;;;;;;;;;;;/h3-8,11,14-17,22,27H,9-10,12-13H2,1-2H3,(H2,26,28)(H,29,31);1-2H3;(H2,1,3)(H,2,4);11*1H/t17-,22+;;;;;;;;;;;;;/m0............./s1. The number of hydrogen-bond acceptors (Lipinski definition) is 9. The molecule has 1 heterocycles. The van der Waals surface area contributed by atoms with E-state index in [1.54, 1.807) is 34.0 Å². The molecular formula is C49H61N9O4. The van der Waals surface area contributed by atoms with Crippen molar-refractivity contribution >= 4 is 28.3 Å². The molecule has 7 N–H and O–H groups in total. The lowest BCUT2D eigenvalue weighted by atomic mass is 10.0. The number of nitrogens with one attached hydrogen (secondary N) is 3. The molecule has 0 aliphatic carbocycles. The zero-order valence-electron chi connectivity index (χ0n) is 34.3. The molecule has 0 radical (unpaired) electrons. The third kappa shape index (κ3) is 24.9. The van der Waals surface area contributed by atoms with Crippen LogP contribution >= 0.6 is 0 Å². The molecule has 2 aromatic carbocycles. The van der Waals surface area contributed by atoms with Crippen molar-refractivity contribution in [1.82, 2.24) is 21.2 Å². The summed E-state index contributed by atoms with van der Waals surface area (Å²) in [4.78, 5) is 38.5. The van der Waals surface area contributed by atoms with Crippen molar-refractivity contribution in [2.24, 2.45) is 16.3 Å². The number of benzene rings is 2. The van der Waals surface area contributed by atoms with Crippen LogP contribution < -0.4 is 27.7 Å². The number of nitrogen functional groups attached to an aromatic ring is 1. The van der Waals surface area contributed by atoms with Crippen LogP contribution in [-0.4, -0.2) is 40.8 Å². The fourth-order valence-corrected chi connectivity index (χ4v) is 4.40. The van der Waals surface area contributed by atoms with E-state index in [9.17, 15) is 19.7 Å². The lowest BCUT2D eigenvalue weighted by Crippen LogP contribution is -2.48. The molecule has 1 aromatic heterocycles. The summed E-state index contributed by atoms with van der Waals surface area (Å²) in [5.41, 5.74) is 9.49. The van der Waals surface area contributed by atoms with Gasteiger partial charge in [0.15, 0.2) is 11.0 Å². The molecule has 3 rings (SSSR count). The van der Waals surface area contributed by atoms with E-state index in [1.807, 2.05) is 42.5 Å². The number of nitrogens with zero attached hydrogens (tertiary/aromatic N) is 4. The number of hydrogen-bond donors (Lipinski definition) is 5. The Labute approximate surface area is 379 Å².